The number of thioether (sulfide) groups is 1. The highest BCUT2D eigenvalue weighted by Gasteiger charge is 2.32. The number of nitrogens with zero attached hydrogens (tertiary/aromatic N) is 2. The third-order valence-corrected chi connectivity index (χ3v) is 5.51. The number of nitrogens with one attached hydrogen (secondary N) is 1. The summed E-state index contributed by atoms with van der Waals surface area (Å²) in [7, 11) is 0. The lowest BCUT2D eigenvalue weighted by atomic mass is 10.2. The smallest absolute Gasteiger partial charge is 0.340 e. The molecule has 2 aromatic rings. The number of imide groups is 1. The van der Waals surface area contributed by atoms with Gasteiger partial charge in [-0.05, 0) is 32.9 Å². The average molecular weight is 403 g/mol. The number of rotatable bonds is 6. The van der Waals surface area contributed by atoms with Crippen molar-refractivity contribution in [2.45, 2.75) is 37.5 Å². The summed E-state index contributed by atoms with van der Waals surface area (Å²) in [6.07, 6.45) is -1.06. The number of esters is 1. The minimum atomic E-state index is -1.06. The molecule has 1 aliphatic heterocycles. The molecule has 0 radical (unpaired) electrons. The van der Waals surface area contributed by atoms with Gasteiger partial charge in [-0.25, -0.2) is 9.59 Å². The largest absolute Gasteiger partial charge is 0.449 e. The number of carbonyl (C=O) groups is 3. The zero-order valence-electron chi connectivity index (χ0n) is 15.9. The van der Waals surface area contributed by atoms with Crippen molar-refractivity contribution in [1.82, 2.24) is 15.4 Å². The molecule has 1 atom stereocenters. The Balaban J connectivity index is 1.68. The first-order valence-corrected chi connectivity index (χ1v) is 9.80. The fourth-order valence-corrected chi connectivity index (χ4v) is 3.99. The second-order valence-electron chi connectivity index (χ2n) is 6.36. The Morgan fingerprint density at radius 1 is 1.36 bits per heavy atom. The molecule has 0 unspecified atom stereocenters. The summed E-state index contributed by atoms with van der Waals surface area (Å²) < 4.78 is 10.5. The lowest BCUT2D eigenvalue weighted by Crippen LogP contribution is -2.41. The predicted molar refractivity (Wildman–Crippen MR) is 102 cm³/mol. The van der Waals surface area contributed by atoms with Crippen molar-refractivity contribution in [3.8, 4) is 0 Å². The number of aryl methyl sites for hydroxylation is 2. The van der Waals surface area contributed by atoms with Gasteiger partial charge in [-0.3, -0.25) is 9.69 Å². The number of hydrogen-bond acceptors (Lipinski definition) is 7. The molecule has 2 heterocycles. The number of carbonyl (C=O) groups excluding carboxylic acids is 3. The minimum absolute atomic E-state index is 0.267. The Hall–Kier alpha value is -2.81. The quantitative estimate of drug-likeness (QED) is 0.584. The first kappa shape index (κ1) is 19.9. The third-order valence-electron chi connectivity index (χ3n) is 4.41. The highest BCUT2D eigenvalue weighted by Crippen LogP contribution is 2.29. The van der Waals surface area contributed by atoms with Crippen molar-refractivity contribution < 1.29 is 23.6 Å². The molecule has 1 N–H and O–H groups in total. The van der Waals surface area contributed by atoms with E-state index in [9.17, 15) is 14.4 Å². The second-order valence-corrected chi connectivity index (χ2v) is 7.37. The van der Waals surface area contributed by atoms with E-state index in [1.165, 1.54) is 18.7 Å². The number of hydrogen-bond donors (Lipinski definition) is 1. The highest BCUT2D eigenvalue weighted by atomic mass is 32.2. The van der Waals surface area contributed by atoms with Crippen molar-refractivity contribution in [3.05, 3.63) is 46.8 Å². The number of benzene rings is 1. The van der Waals surface area contributed by atoms with E-state index in [1.54, 1.807) is 12.1 Å². The van der Waals surface area contributed by atoms with Crippen molar-refractivity contribution in [3.63, 3.8) is 0 Å². The maximum Gasteiger partial charge on any atom is 0.340 e. The van der Waals surface area contributed by atoms with Gasteiger partial charge in [0, 0.05) is 29.3 Å². The van der Waals surface area contributed by atoms with Gasteiger partial charge >= 0.3 is 12.0 Å². The van der Waals surface area contributed by atoms with Gasteiger partial charge in [-0.15, -0.1) is 11.8 Å². The van der Waals surface area contributed by atoms with E-state index in [-0.39, 0.29) is 6.54 Å². The number of aromatic nitrogens is 1. The van der Waals surface area contributed by atoms with Crippen LogP contribution in [0.3, 0.4) is 0 Å². The molecule has 3 rings (SSSR count). The van der Waals surface area contributed by atoms with Crippen LogP contribution in [0.1, 0.15) is 34.3 Å². The molecule has 0 aliphatic carbocycles. The number of ether oxygens (including phenoxy) is 1. The normalized spacial score (nSPS) is 14.7. The summed E-state index contributed by atoms with van der Waals surface area (Å²) in [5, 5.41) is 6.48. The van der Waals surface area contributed by atoms with Gasteiger partial charge in [0.1, 0.15) is 5.76 Å². The van der Waals surface area contributed by atoms with E-state index >= 15 is 0 Å². The second kappa shape index (κ2) is 8.47. The number of urea groups is 1. The van der Waals surface area contributed by atoms with E-state index in [1.807, 2.05) is 26.0 Å². The van der Waals surface area contributed by atoms with Crippen LogP contribution in [0.25, 0.3) is 0 Å². The van der Waals surface area contributed by atoms with Crippen LogP contribution in [0.4, 0.5) is 4.79 Å². The molecule has 1 aromatic carbocycles. The van der Waals surface area contributed by atoms with Gasteiger partial charge < -0.3 is 14.6 Å². The molecular weight excluding hydrogens is 382 g/mol. The maximum absolute atomic E-state index is 12.6. The molecule has 9 heteroatoms. The maximum atomic E-state index is 12.6. The van der Waals surface area contributed by atoms with Crippen LogP contribution in [0.15, 0.2) is 33.7 Å². The van der Waals surface area contributed by atoms with E-state index in [2.05, 4.69) is 10.5 Å². The first-order chi connectivity index (χ1) is 13.4. The third kappa shape index (κ3) is 4.19. The van der Waals surface area contributed by atoms with E-state index < -0.39 is 24.0 Å². The molecule has 3 amide bonds. The van der Waals surface area contributed by atoms with Crippen LogP contribution >= 0.6 is 11.8 Å². The molecule has 148 valence electrons. The molecule has 1 saturated heterocycles. The monoisotopic (exact) mass is 403 g/mol. The molecule has 0 bridgehead atoms. The van der Waals surface area contributed by atoms with Gasteiger partial charge in [0.05, 0.1) is 11.3 Å². The molecule has 0 saturated carbocycles. The fourth-order valence-electron chi connectivity index (χ4n) is 2.79. The summed E-state index contributed by atoms with van der Waals surface area (Å²) in [6, 6.07) is 6.56. The Morgan fingerprint density at radius 2 is 2.11 bits per heavy atom. The Kier molecular flexibility index (Phi) is 6.03. The van der Waals surface area contributed by atoms with E-state index in [4.69, 9.17) is 9.26 Å². The van der Waals surface area contributed by atoms with Crippen molar-refractivity contribution in [2.24, 2.45) is 0 Å². The van der Waals surface area contributed by atoms with E-state index in [0.717, 1.165) is 26.8 Å². The number of amides is 3. The van der Waals surface area contributed by atoms with Crippen LogP contribution in [0.5, 0.6) is 0 Å². The molecule has 1 aliphatic rings. The molecule has 1 fully saturated rings. The van der Waals surface area contributed by atoms with Crippen LogP contribution in [-0.4, -0.2) is 47.2 Å². The van der Waals surface area contributed by atoms with Gasteiger partial charge in [-0.1, -0.05) is 17.3 Å². The summed E-state index contributed by atoms with van der Waals surface area (Å²) in [6.45, 7) is 5.84. The molecule has 1 aromatic heterocycles. The van der Waals surface area contributed by atoms with Crippen molar-refractivity contribution in [2.75, 3.05) is 13.1 Å². The molecule has 28 heavy (non-hydrogen) atoms. The van der Waals surface area contributed by atoms with E-state index in [0.29, 0.717) is 17.9 Å². The summed E-state index contributed by atoms with van der Waals surface area (Å²) >= 11 is 1.46. The molecule has 8 nitrogen and oxygen atoms in total. The molecule has 0 spiro atoms. The van der Waals surface area contributed by atoms with Gasteiger partial charge in [0.2, 0.25) is 0 Å². The zero-order chi connectivity index (χ0) is 20.3. The zero-order valence-corrected chi connectivity index (χ0v) is 16.7. The average Bonchev–Trinajstić information content (AvgIpc) is 3.25. The summed E-state index contributed by atoms with van der Waals surface area (Å²) in [4.78, 5) is 38.4. The van der Waals surface area contributed by atoms with Crippen LogP contribution in [0.2, 0.25) is 0 Å². The van der Waals surface area contributed by atoms with Crippen molar-refractivity contribution in [1.29, 1.82) is 0 Å². The van der Waals surface area contributed by atoms with Crippen LogP contribution < -0.4 is 5.32 Å². The van der Waals surface area contributed by atoms with Crippen LogP contribution in [0, 0.1) is 13.8 Å². The lowest BCUT2D eigenvalue weighted by Gasteiger charge is -2.18. The Labute approximate surface area is 166 Å². The van der Waals surface area contributed by atoms with Gasteiger partial charge in [-0.2, -0.15) is 0 Å². The molecular formula is C19H21N3O5S. The highest BCUT2D eigenvalue weighted by molar-refractivity contribution is 7.98. The van der Waals surface area contributed by atoms with Crippen molar-refractivity contribution >= 4 is 29.7 Å². The SMILES string of the molecule is Cc1noc(C)c1CSc1ccccc1C(=O)O[C@H](C)C(=O)N1CCNC1=O. The Bertz CT molecular complexity index is 891. The van der Waals surface area contributed by atoms with Gasteiger partial charge in [0.15, 0.2) is 6.10 Å². The topological polar surface area (TPSA) is 102 Å². The summed E-state index contributed by atoms with van der Waals surface area (Å²) in [5.41, 5.74) is 2.16. The fraction of sp³-hybridized carbons (Fsp3) is 0.368. The summed E-state index contributed by atoms with van der Waals surface area (Å²) in [5.74, 6) is 0.188. The predicted octanol–water partition coefficient (Wildman–Crippen LogP) is 2.68. The standard InChI is InChI=1S/C19H21N3O5S/c1-11-15(12(2)27-21-11)10-28-16-7-5-4-6-14(16)18(24)26-13(3)17(23)22-9-8-20-19(22)25/h4-7,13H,8-10H2,1-3H3,(H,20,25)/t13-/m1/s1. The lowest BCUT2D eigenvalue weighted by molar-refractivity contribution is -0.136. The minimum Gasteiger partial charge on any atom is -0.449 e. The Morgan fingerprint density at radius 3 is 2.75 bits per heavy atom. The first-order valence-electron chi connectivity index (χ1n) is 8.82. The van der Waals surface area contributed by atoms with Crippen LogP contribution in [-0.2, 0) is 15.3 Å². The van der Waals surface area contributed by atoms with Gasteiger partial charge in [0.25, 0.3) is 5.91 Å².